The third-order valence-corrected chi connectivity index (χ3v) is 3.81. The van der Waals surface area contributed by atoms with Crippen LogP contribution in [0.3, 0.4) is 0 Å². The Morgan fingerprint density at radius 1 is 1.25 bits per heavy atom. The molecule has 106 valence electrons. The van der Waals surface area contributed by atoms with Gasteiger partial charge in [-0.05, 0) is 31.0 Å². The number of fused-ring (bicyclic) bond motifs is 1. The molecule has 0 aliphatic rings. The molecule has 1 heterocycles. The van der Waals surface area contributed by atoms with Gasteiger partial charge in [0.25, 0.3) is 0 Å². The average molecular weight is 273 g/mol. The summed E-state index contributed by atoms with van der Waals surface area (Å²) >= 11 is 0. The van der Waals surface area contributed by atoms with Crippen molar-refractivity contribution in [2.24, 2.45) is 7.05 Å². The number of aryl methyl sites for hydroxylation is 2. The first-order valence-corrected chi connectivity index (χ1v) is 6.78. The summed E-state index contributed by atoms with van der Waals surface area (Å²) in [7, 11) is 1.93. The first-order valence-electron chi connectivity index (χ1n) is 6.78. The van der Waals surface area contributed by atoms with E-state index >= 15 is 0 Å². The van der Waals surface area contributed by atoms with Crippen LogP contribution in [0.5, 0.6) is 0 Å². The highest BCUT2D eigenvalue weighted by atomic mass is 16.4. The van der Waals surface area contributed by atoms with Crippen LogP contribution in [0, 0.1) is 6.92 Å². The Bertz CT molecular complexity index is 683. The molecule has 0 radical (unpaired) electrons. The molecule has 1 aromatic heterocycles. The Morgan fingerprint density at radius 2 is 1.95 bits per heavy atom. The number of hydrogen-bond acceptors (Lipinski definition) is 2. The van der Waals surface area contributed by atoms with E-state index in [1.807, 2.05) is 30.7 Å². The highest BCUT2D eigenvalue weighted by molar-refractivity contribution is 6.10. The minimum Gasteiger partial charge on any atom is -0.481 e. The fourth-order valence-corrected chi connectivity index (χ4v) is 2.54. The molecule has 0 saturated heterocycles. The largest absolute Gasteiger partial charge is 0.481 e. The summed E-state index contributed by atoms with van der Waals surface area (Å²) in [4.78, 5) is 23.0. The number of rotatable bonds is 5. The van der Waals surface area contributed by atoms with Crippen LogP contribution in [0.15, 0.2) is 18.2 Å². The lowest BCUT2D eigenvalue weighted by molar-refractivity contribution is -0.136. The van der Waals surface area contributed by atoms with Gasteiger partial charge in [-0.1, -0.05) is 13.0 Å². The molecular formula is C16H19NO3. The average Bonchev–Trinajstić information content (AvgIpc) is 2.68. The molecule has 0 aliphatic heterocycles. The Balaban J connectivity index is 2.53. The summed E-state index contributed by atoms with van der Waals surface area (Å²) in [5.41, 5.74) is 3.75. The second-order valence-corrected chi connectivity index (χ2v) is 5.04. The lowest BCUT2D eigenvalue weighted by Gasteiger charge is -2.01. The Hall–Kier alpha value is -2.10. The standard InChI is InChI=1S/C16H19NO3/c1-4-11-5-6-13-12(9-11)16(10(2)17(13)3)14(18)7-8-15(19)20/h5-6,9H,4,7-8H2,1-3H3,(H,19,20). The molecule has 1 aromatic carbocycles. The van der Waals surface area contributed by atoms with E-state index in [1.165, 1.54) is 5.56 Å². The second-order valence-electron chi connectivity index (χ2n) is 5.04. The summed E-state index contributed by atoms with van der Waals surface area (Å²) in [6, 6.07) is 6.12. The van der Waals surface area contributed by atoms with Gasteiger partial charge in [0.2, 0.25) is 0 Å². The Labute approximate surface area is 118 Å². The van der Waals surface area contributed by atoms with E-state index in [0.717, 1.165) is 23.0 Å². The third kappa shape index (κ3) is 2.46. The van der Waals surface area contributed by atoms with Crippen molar-refractivity contribution >= 4 is 22.7 Å². The molecule has 0 fully saturated rings. The minimum atomic E-state index is -0.939. The summed E-state index contributed by atoms with van der Waals surface area (Å²) < 4.78 is 1.99. The van der Waals surface area contributed by atoms with Crippen LogP contribution in [-0.2, 0) is 18.3 Å². The molecular weight excluding hydrogens is 254 g/mol. The van der Waals surface area contributed by atoms with Crippen molar-refractivity contribution in [3.05, 3.63) is 35.0 Å². The quantitative estimate of drug-likeness (QED) is 0.852. The maximum atomic E-state index is 12.3. The molecule has 0 bridgehead atoms. The van der Waals surface area contributed by atoms with E-state index in [1.54, 1.807) is 0 Å². The van der Waals surface area contributed by atoms with Gasteiger partial charge in [0, 0.05) is 35.6 Å². The molecule has 0 atom stereocenters. The first-order chi connectivity index (χ1) is 9.45. The molecule has 0 saturated carbocycles. The van der Waals surface area contributed by atoms with Gasteiger partial charge in [-0.15, -0.1) is 0 Å². The zero-order chi connectivity index (χ0) is 14.9. The van der Waals surface area contributed by atoms with Gasteiger partial charge in [-0.3, -0.25) is 9.59 Å². The van der Waals surface area contributed by atoms with Crippen LogP contribution in [0.4, 0.5) is 0 Å². The molecule has 4 heteroatoms. The lowest BCUT2D eigenvalue weighted by atomic mass is 10.0. The molecule has 0 spiro atoms. The monoisotopic (exact) mass is 273 g/mol. The van der Waals surface area contributed by atoms with E-state index in [0.29, 0.717) is 5.56 Å². The zero-order valence-corrected chi connectivity index (χ0v) is 12.1. The van der Waals surface area contributed by atoms with Crippen molar-refractivity contribution in [1.82, 2.24) is 4.57 Å². The van der Waals surface area contributed by atoms with Gasteiger partial charge < -0.3 is 9.67 Å². The van der Waals surface area contributed by atoms with E-state index in [2.05, 4.69) is 13.0 Å². The van der Waals surface area contributed by atoms with Crippen LogP contribution < -0.4 is 0 Å². The van der Waals surface area contributed by atoms with Crippen molar-refractivity contribution in [2.75, 3.05) is 0 Å². The SMILES string of the molecule is CCc1ccc2c(c1)c(C(=O)CCC(=O)O)c(C)n2C. The smallest absolute Gasteiger partial charge is 0.303 e. The maximum absolute atomic E-state index is 12.3. The van der Waals surface area contributed by atoms with Gasteiger partial charge in [-0.25, -0.2) is 0 Å². The van der Waals surface area contributed by atoms with Crippen LogP contribution in [0.1, 0.15) is 41.4 Å². The van der Waals surface area contributed by atoms with Crippen molar-refractivity contribution in [1.29, 1.82) is 0 Å². The number of carboxylic acids is 1. The number of ketones is 1. The fourth-order valence-electron chi connectivity index (χ4n) is 2.54. The number of benzene rings is 1. The first kappa shape index (κ1) is 14.3. The van der Waals surface area contributed by atoms with E-state index < -0.39 is 5.97 Å². The topological polar surface area (TPSA) is 59.3 Å². The molecule has 4 nitrogen and oxygen atoms in total. The second kappa shape index (κ2) is 5.49. The van der Waals surface area contributed by atoms with E-state index in [-0.39, 0.29) is 18.6 Å². The number of carbonyl (C=O) groups is 2. The van der Waals surface area contributed by atoms with E-state index in [9.17, 15) is 9.59 Å². The number of aromatic nitrogens is 1. The van der Waals surface area contributed by atoms with Crippen LogP contribution in [0.2, 0.25) is 0 Å². The van der Waals surface area contributed by atoms with Crippen molar-refractivity contribution < 1.29 is 14.7 Å². The van der Waals surface area contributed by atoms with Crippen molar-refractivity contribution in [3.8, 4) is 0 Å². The molecule has 0 aliphatic carbocycles. The number of carboxylic acid groups (broad SMARTS) is 1. The third-order valence-electron chi connectivity index (χ3n) is 3.81. The summed E-state index contributed by atoms with van der Waals surface area (Å²) in [6.07, 6.45) is 0.834. The van der Waals surface area contributed by atoms with Gasteiger partial charge in [0.15, 0.2) is 5.78 Å². The Morgan fingerprint density at radius 3 is 2.55 bits per heavy atom. The zero-order valence-electron chi connectivity index (χ0n) is 12.1. The molecule has 0 unspecified atom stereocenters. The summed E-state index contributed by atoms with van der Waals surface area (Å²) in [5, 5.41) is 9.65. The van der Waals surface area contributed by atoms with Gasteiger partial charge in [0.1, 0.15) is 0 Å². The summed E-state index contributed by atoms with van der Waals surface area (Å²) in [6.45, 7) is 3.97. The molecule has 2 rings (SSSR count). The summed E-state index contributed by atoms with van der Waals surface area (Å²) in [5.74, 6) is -1.03. The van der Waals surface area contributed by atoms with Crippen molar-refractivity contribution in [2.45, 2.75) is 33.1 Å². The highest BCUT2D eigenvalue weighted by Gasteiger charge is 2.19. The normalized spacial score (nSPS) is 10.9. The number of hydrogen-bond donors (Lipinski definition) is 1. The molecule has 2 aromatic rings. The predicted molar refractivity (Wildman–Crippen MR) is 78.2 cm³/mol. The van der Waals surface area contributed by atoms with Gasteiger partial charge in [0.05, 0.1) is 6.42 Å². The number of Topliss-reactive ketones (excluding diaryl/α,β-unsaturated/α-hetero) is 1. The molecule has 1 N–H and O–H groups in total. The number of aliphatic carboxylic acids is 1. The number of carbonyl (C=O) groups excluding carboxylic acids is 1. The van der Waals surface area contributed by atoms with Crippen LogP contribution in [-0.4, -0.2) is 21.4 Å². The van der Waals surface area contributed by atoms with Gasteiger partial charge >= 0.3 is 5.97 Å². The van der Waals surface area contributed by atoms with Crippen molar-refractivity contribution in [3.63, 3.8) is 0 Å². The maximum Gasteiger partial charge on any atom is 0.303 e. The fraction of sp³-hybridized carbons (Fsp3) is 0.375. The predicted octanol–water partition coefficient (Wildman–Crippen LogP) is 3.10. The molecule has 0 amide bonds. The number of nitrogens with zero attached hydrogens (tertiary/aromatic N) is 1. The van der Waals surface area contributed by atoms with Gasteiger partial charge in [-0.2, -0.15) is 0 Å². The van der Waals surface area contributed by atoms with E-state index in [4.69, 9.17) is 5.11 Å². The minimum absolute atomic E-state index is 0.0473. The molecule has 20 heavy (non-hydrogen) atoms. The Kier molecular flexibility index (Phi) is 3.93. The van der Waals surface area contributed by atoms with Crippen LogP contribution >= 0.6 is 0 Å². The lowest BCUT2D eigenvalue weighted by Crippen LogP contribution is -2.05. The highest BCUT2D eigenvalue weighted by Crippen LogP contribution is 2.27. The van der Waals surface area contributed by atoms with Crippen LogP contribution in [0.25, 0.3) is 10.9 Å².